The second-order valence-corrected chi connectivity index (χ2v) is 7.03. The molecule has 1 aliphatic rings. The number of allylic oxidation sites excluding steroid dienone is 1. The number of rotatable bonds is 7. The molecule has 6 heteroatoms. The zero-order valence-corrected chi connectivity index (χ0v) is 17.2. The largest absolute Gasteiger partial charge is 0.497 e. The van der Waals surface area contributed by atoms with Crippen LogP contribution >= 0.6 is 0 Å². The number of nitrogens with zero attached hydrogens (tertiary/aromatic N) is 1. The highest BCUT2D eigenvalue weighted by Gasteiger charge is 2.44. The Hall–Kier alpha value is -3.12. The average molecular weight is 394 g/mol. The van der Waals surface area contributed by atoms with Crippen LogP contribution in [0, 0.1) is 6.92 Å². The van der Waals surface area contributed by atoms with Gasteiger partial charge in [-0.15, -0.1) is 0 Å². The van der Waals surface area contributed by atoms with Gasteiger partial charge in [0.25, 0.3) is 11.7 Å². The number of ketones is 1. The standard InChI is InChI=1S/C23H26N2O4/c1-15-5-9-18(10-6-15)24-16(2)20-21(17-7-11-19(29-4)12-8-17)25(13-14-28-3)23(27)22(20)26/h5-12,21,24H,13-14H2,1-4H3. The molecular formula is C23H26N2O4. The Bertz CT molecular complexity index is 917. The van der Waals surface area contributed by atoms with Crippen LogP contribution in [0.15, 0.2) is 59.8 Å². The minimum absolute atomic E-state index is 0.332. The Morgan fingerprint density at radius 3 is 2.28 bits per heavy atom. The summed E-state index contributed by atoms with van der Waals surface area (Å²) < 4.78 is 10.4. The Kier molecular flexibility index (Phi) is 6.34. The van der Waals surface area contributed by atoms with E-state index in [4.69, 9.17) is 9.47 Å². The van der Waals surface area contributed by atoms with Gasteiger partial charge in [-0.05, 0) is 43.7 Å². The second kappa shape index (κ2) is 8.92. The molecule has 0 spiro atoms. The van der Waals surface area contributed by atoms with Crippen molar-refractivity contribution in [2.75, 3.05) is 32.7 Å². The number of ether oxygens (including phenoxy) is 2. The summed E-state index contributed by atoms with van der Waals surface area (Å²) in [6.45, 7) is 4.53. The van der Waals surface area contributed by atoms with E-state index in [9.17, 15) is 9.59 Å². The van der Waals surface area contributed by atoms with Gasteiger partial charge in [-0.3, -0.25) is 9.59 Å². The van der Waals surface area contributed by atoms with Gasteiger partial charge in [-0.25, -0.2) is 0 Å². The number of hydrogen-bond donors (Lipinski definition) is 1. The third kappa shape index (κ3) is 4.32. The zero-order chi connectivity index (χ0) is 21.0. The van der Waals surface area contributed by atoms with Crippen LogP contribution in [0.25, 0.3) is 0 Å². The highest BCUT2D eigenvalue weighted by atomic mass is 16.5. The lowest BCUT2D eigenvalue weighted by Gasteiger charge is -2.25. The van der Waals surface area contributed by atoms with Crippen molar-refractivity contribution < 1.29 is 19.1 Å². The normalized spacial score (nSPS) is 18.2. The van der Waals surface area contributed by atoms with Crippen molar-refractivity contribution in [3.8, 4) is 5.75 Å². The van der Waals surface area contributed by atoms with Crippen LogP contribution in [0.5, 0.6) is 5.75 Å². The van der Waals surface area contributed by atoms with Crippen molar-refractivity contribution >= 4 is 17.4 Å². The van der Waals surface area contributed by atoms with Crippen LogP contribution in [0.1, 0.15) is 24.1 Å². The summed E-state index contributed by atoms with van der Waals surface area (Å²) >= 11 is 0. The topological polar surface area (TPSA) is 67.9 Å². The predicted octanol–water partition coefficient (Wildman–Crippen LogP) is 3.49. The van der Waals surface area contributed by atoms with Crippen LogP contribution < -0.4 is 10.1 Å². The number of benzene rings is 2. The first kappa shape index (κ1) is 20.6. The fraction of sp³-hybridized carbons (Fsp3) is 0.304. The van der Waals surface area contributed by atoms with Gasteiger partial charge in [0.1, 0.15) is 5.75 Å². The SMILES string of the molecule is COCCN1C(=O)C(=O)C(=C(C)Nc2ccc(C)cc2)C1c1ccc(OC)cc1. The van der Waals surface area contributed by atoms with E-state index >= 15 is 0 Å². The first-order valence-corrected chi connectivity index (χ1v) is 9.49. The molecule has 1 unspecified atom stereocenters. The fourth-order valence-corrected chi connectivity index (χ4v) is 3.49. The van der Waals surface area contributed by atoms with Crippen LogP contribution in [0.2, 0.25) is 0 Å². The number of hydrogen-bond acceptors (Lipinski definition) is 5. The molecule has 0 bridgehead atoms. The Labute approximate surface area is 171 Å². The number of methoxy groups -OCH3 is 2. The molecular weight excluding hydrogens is 368 g/mol. The number of aryl methyl sites for hydroxylation is 1. The third-order valence-corrected chi connectivity index (χ3v) is 5.04. The van der Waals surface area contributed by atoms with E-state index in [1.54, 1.807) is 19.1 Å². The van der Waals surface area contributed by atoms with E-state index in [1.807, 2.05) is 62.4 Å². The van der Waals surface area contributed by atoms with Crippen molar-refractivity contribution in [1.82, 2.24) is 4.90 Å². The van der Waals surface area contributed by atoms with Gasteiger partial charge in [0.2, 0.25) is 0 Å². The number of carbonyl (C=O) groups is 2. The quantitative estimate of drug-likeness (QED) is 0.575. The molecule has 1 atom stereocenters. The van der Waals surface area contributed by atoms with Crippen molar-refractivity contribution in [1.29, 1.82) is 0 Å². The fourth-order valence-electron chi connectivity index (χ4n) is 3.49. The predicted molar refractivity (Wildman–Crippen MR) is 112 cm³/mol. The molecule has 1 heterocycles. The molecule has 29 heavy (non-hydrogen) atoms. The highest BCUT2D eigenvalue weighted by molar-refractivity contribution is 6.45. The lowest BCUT2D eigenvalue weighted by Crippen LogP contribution is -2.32. The van der Waals surface area contributed by atoms with Crippen molar-refractivity contribution in [2.45, 2.75) is 19.9 Å². The van der Waals surface area contributed by atoms with Crippen LogP contribution in [0.4, 0.5) is 5.69 Å². The first-order valence-electron chi connectivity index (χ1n) is 9.49. The van der Waals surface area contributed by atoms with Crippen molar-refractivity contribution in [2.24, 2.45) is 0 Å². The molecule has 1 N–H and O–H groups in total. The van der Waals surface area contributed by atoms with Gasteiger partial charge < -0.3 is 19.7 Å². The maximum Gasteiger partial charge on any atom is 0.295 e. The molecule has 1 amide bonds. The maximum absolute atomic E-state index is 12.9. The monoisotopic (exact) mass is 394 g/mol. The molecule has 1 aliphatic heterocycles. The molecule has 0 aliphatic carbocycles. The summed E-state index contributed by atoms with van der Waals surface area (Å²) in [6.07, 6.45) is 0. The van der Waals surface area contributed by atoms with Crippen LogP contribution in [-0.2, 0) is 14.3 Å². The van der Waals surface area contributed by atoms with Gasteiger partial charge in [0.05, 0.1) is 25.3 Å². The number of Topliss-reactive ketones (excluding diaryl/α,β-unsaturated/α-hetero) is 1. The molecule has 2 aromatic rings. The van der Waals surface area contributed by atoms with Gasteiger partial charge in [0.15, 0.2) is 0 Å². The maximum atomic E-state index is 12.9. The minimum atomic E-state index is -0.511. The number of amides is 1. The molecule has 2 aromatic carbocycles. The summed E-state index contributed by atoms with van der Waals surface area (Å²) in [6, 6.07) is 14.8. The van der Waals surface area contributed by atoms with Gasteiger partial charge in [-0.2, -0.15) is 0 Å². The molecule has 3 rings (SSSR count). The summed E-state index contributed by atoms with van der Waals surface area (Å²) in [5.41, 5.74) is 3.98. The number of likely N-dealkylation sites (tertiary alicyclic amines) is 1. The van der Waals surface area contributed by atoms with E-state index in [-0.39, 0.29) is 0 Å². The molecule has 0 saturated carbocycles. The minimum Gasteiger partial charge on any atom is -0.497 e. The lowest BCUT2D eigenvalue weighted by atomic mass is 9.97. The third-order valence-electron chi connectivity index (χ3n) is 5.04. The Morgan fingerprint density at radius 1 is 1.03 bits per heavy atom. The van der Waals surface area contributed by atoms with E-state index < -0.39 is 17.7 Å². The van der Waals surface area contributed by atoms with Gasteiger partial charge >= 0.3 is 0 Å². The number of carbonyl (C=O) groups excluding carboxylic acids is 2. The number of nitrogens with one attached hydrogen (secondary N) is 1. The molecule has 152 valence electrons. The molecule has 6 nitrogen and oxygen atoms in total. The van der Waals surface area contributed by atoms with Crippen molar-refractivity contribution in [3.05, 3.63) is 70.9 Å². The van der Waals surface area contributed by atoms with E-state index in [0.29, 0.717) is 30.2 Å². The smallest absolute Gasteiger partial charge is 0.295 e. The van der Waals surface area contributed by atoms with E-state index in [0.717, 1.165) is 16.8 Å². The zero-order valence-electron chi connectivity index (χ0n) is 17.2. The molecule has 1 fully saturated rings. The lowest BCUT2D eigenvalue weighted by molar-refractivity contribution is -0.140. The van der Waals surface area contributed by atoms with E-state index in [1.165, 1.54) is 0 Å². The average Bonchev–Trinajstić information content (AvgIpc) is 2.98. The summed E-state index contributed by atoms with van der Waals surface area (Å²) in [5.74, 6) is -0.283. The van der Waals surface area contributed by atoms with Crippen LogP contribution in [-0.4, -0.2) is 44.0 Å². The Balaban J connectivity index is 2.03. The molecule has 0 aromatic heterocycles. The van der Waals surface area contributed by atoms with Crippen LogP contribution in [0.3, 0.4) is 0 Å². The van der Waals surface area contributed by atoms with Gasteiger partial charge in [-0.1, -0.05) is 29.8 Å². The number of anilines is 1. The summed E-state index contributed by atoms with van der Waals surface area (Å²) in [7, 11) is 3.18. The highest BCUT2D eigenvalue weighted by Crippen LogP contribution is 2.38. The van der Waals surface area contributed by atoms with Crippen molar-refractivity contribution in [3.63, 3.8) is 0 Å². The summed E-state index contributed by atoms with van der Waals surface area (Å²) in [4.78, 5) is 27.3. The van der Waals surface area contributed by atoms with E-state index in [2.05, 4.69) is 5.32 Å². The summed E-state index contributed by atoms with van der Waals surface area (Å²) in [5, 5.41) is 3.28. The molecule has 0 radical (unpaired) electrons. The first-order chi connectivity index (χ1) is 14.0. The second-order valence-electron chi connectivity index (χ2n) is 7.03. The van der Waals surface area contributed by atoms with Gasteiger partial charge in [0, 0.05) is 25.0 Å². The Morgan fingerprint density at radius 2 is 1.69 bits per heavy atom. The molecule has 1 saturated heterocycles.